The van der Waals surface area contributed by atoms with Crippen molar-refractivity contribution < 1.29 is 5.11 Å². The molecule has 4 rings (SSSR count). The van der Waals surface area contributed by atoms with E-state index in [1.54, 1.807) is 5.01 Å². The summed E-state index contributed by atoms with van der Waals surface area (Å²) < 4.78 is 0. The first-order chi connectivity index (χ1) is 9.75. The van der Waals surface area contributed by atoms with Gasteiger partial charge in [0.15, 0.2) is 5.72 Å². The van der Waals surface area contributed by atoms with Gasteiger partial charge in [0.05, 0.1) is 5.92 Å². The summed E-state index contributed by atoms with van der Waals surface area (Å²) in [5.41, 5.74) is 2.21. The molecular weight excluding hydrogens is 264 g/mol. The number of hydrogen-bond donors (Lipinski definition) is 1. The Balaban J connectivity index is 1.76. The average Bonchev–Trinajstić information content (AvgIpc) is 2.69. The van der Waals surface area contributed by atoms with Gasteiger partial charge in [0, 0.05) is 23.5 Å². The number of nitrogens with zero attached hydrogens (tertiary/aromatic N) is 4. The van der Waals surface area contributed by atoms with Crippen LogP contribution in [-0.4, -0.2) is 26.5 Å². The third kappa shape index (κ3) is 1.53. The zero-order valence-electron chi connectivity index (χ0n) is 13.3. The van der Waals surface area contributed by atoms with Gasteiger partial charge < -0.3 is 5.11 Å². The summed E-state index contributed by atoms with van der Waals surface area (Å²) in [4.78, 5) is 8.96. The van der Waals surface area contributed by atoms with Gasteiger partial charge in [-0.05, 0) is 44.1 Å². The molecule has 5 heteroatoms. The van der Waals surface area contributed by atoms with Gasteiger partial charge in [-0.2, -0.15) is 10.1 Å². The lowest BCUT2D eigenvalue weighted by atomic mass is 9.84. The SMILES string of the molecule is CC1=NN(c2nc(C)cc(C)n2)[C@]2(O)C[C@@H]3[C@@H]([C@@H]12)C3(C)C. The monoisotopic (exact) mass is 286 g/mol. The maximum atomic E-state index is 11.3. The molecule has 2 fully saturated rings. The van der Waals surface area contributed by atoms with E-state index in [-0.39, 0.29) is 5.92 Å². The van der Waals surface area contributed by atoms with Gasteiger partial charge in [0.1, 0.15) is 0 Å². The number of aliphatic hydroxyl groups is 1. The van der Waals surface area contributed by atoms with Crippen molar-refractivity contribution in [2.45, 2.75) is 46.8 Å². The molecule has 2 heterocycles. The lowest BCUT2D eigenvalue weighted by molar-refractivity contribution is 0.00554. The van der Waals surface area contributed by atoms with E-state index in [1.165, 1.54) is 0 Å². The molecular formula is C16H22N4O. The van der Waals surface area contributed by atoms with Crippen LogP contribution in [0.1, 0.15) is 38.6 Å². The number of anilines is 1. The van der Waals surface area contributed by atoms with Crippen molar-refractivity contribution in [2.75, 3.05) is 5.01 Å². The Bertz CT molecular complexity index is 648. The Morgan fingerprint density at radius 1 is 1.19 bits per heavy atom. The molecule has 0 bridgehead atoms. The lowest BCUT2D eigenvalue weighted by Crippen LogP contribution is -2.49. The fourth-order valence-corrected chi connectivity index (χ4v) is 4.72. The molecule has 1 aliphatic heterocycles. The van der Waals surface area contributed by atoms with Crippen LogP contribution in [0.25, 0.3) is 0 Å². The summed E-state index contributed by atoms with van der Waals surface area (Å²) >= 11 is 0. The van der Waals surface area contributed by atoms with Crippen LogP contribution in [0.15, 0.2) is 11.2 Å². The second-order valence-corrected chi connectivity index (χ2v) is 7.52. The van der Waals surface area contributed by atoms with Crippen molar-refractivity contribution in [2.24, 2.45) is 28.3 Å². The van der Waals surface area contributed by atoms with Crippen molar-refractivity contribution in [3.8, 4) is 0 Å². The molecule has 1 aromatic heterocycles. The standard InChI is InChI=1S/C16H22N4O/c1-8-6-9(2)18-14(17-8)20-16(21)7-11-13(15(11,4)5)12(16)10(3)19-20/h6,11-13,21H,7H2,1-5H3/t11-,12-,13+,16+/m1/s1. The van der Waals surface area contributed by atoms with E-state index in [0.29, 0.717) is 23.2 Å². The van der Waals surface area contributed by atoms with E-state index < -0.39 is 5.72 Å². The third-order valence-corrected chi connectivity index (χ3v) is 5.75. The van der Waals surface area contributed by atoms with Crippen LogP contribution < -0.4 is 5.01 Å². The molecule has 4 atom stereocenters. The van der Waals surface area contributed by atoms with Crippen molar-refractivity contribution in [3.63, 3.8) is 0 Å². The fourth-order valence-electron chi connectivity index (χ4n) is 4.72. The number of hydrogen-bond acceptors (Lipinski definition) is 5. The highest BCUT2D eigenvalue weighted by Gasteiger charge is 2.75. The van der Waals surface area contributed by atoms with Gasteiger partial charge in [-0.15, -0.1) is 0 Å². The highest BCUT2D eigenvalue weighted by molar-refractivity contribution is 5.90. The molecule has 0 saturated heterocycles. The normalized spacial score (nSPS) is 39.0. The first kappa shape index (κ1) is 13.2. The van der Waals surface area contributed by atoms with Crippen LogP contribution in [0, 0.1) is 37.0 Å². The number of aromatic nitrogens is 2. The molecule has 5 nitrogen and oxygen atoms in total. The van der Waals surface area contributed by atoms with Crippen molar-refractivity contribution >= 4 is 11.7 Å². The molecule has 3 aliphatic rings. The molecule has 1 aromatic rings. The number of fused-ring (bicyclic) bond motifs is 3. The van der Waals surface area contributed by atoms with Crippen molar-refractivity contribution in [1.29, 1.82) is 0 Å². The van der Waals surface area contributed by atoms with E-state index in [2.05, 4.69) is 28.9 Å². The Labute approximate surface area is 125 Å². The second-order valence-electron chi connectivity index (χ2n) is 7.52. The van der Waals surface area contributed by atoms with Crippen LogP contribution >= 0.6 is 0 Å². The largest absolute Gasteiger partial charge is 0.368 e. The maximum Gasteiger partial charge on any atom is 0.249 e. The summed E-state index contributed by atoms with van der Waals surface area (Å²) in [6.45, 7) is 10.5. The van der Waals surface area contributed by atoms with Gasteiger partial charge in [0.25, 0.3) is 0 Å². The fraction of sp³-hybridized carbons (Fsp3) is 0.688. The summed E-state index contributed by atoms with van der Waals surface area (Å²) in [5, 5.41) is 17.6. The Morgan fingerprint density at radius 2 is 1.81 bits per heavy atom. The van der Waals surface area contributed by atoms with Crippen LogP contribution in [0.5, 0.6) is 0 Å². The molecule has 112 valence electrons. The van der Waals surface area contributed by atoms with Crippen LogP contribution in [0.2, 0.25) is 0 Å². The Hall–Kier alpha value is -1.49. The van der Waals surface area contributed by atoms with Crippen LogP contribution in [0.4, 0.5) is 5.95 Å². The molecule has 2 aliphatic carbocycles. The first-order valence-electron chi connectivity index (χ1n) is 7.65. The van der Waals surface area contributed by atoms with Gasteiger partial charge >= 0.3 is 0 Å². The number of rotatable bonds is 1. The molecule has 1 N–H and O–H groups in total. The highest BCUT2D eigenvalue weighted by Crippen LogP contribution is 2.73. The molecule has 0 spiro atoms. The number of hydrazone groups is 1. The summed E-state index contributed by atoms with van der Waals surface area (Å²) in [6.07, 6.45) is 0.756. The zero-order valence-corrected chi connectivity index (χ0v) is 13.3. The smallest absolute Gasteiger partial charge is 0.249 e. The van der Waals surface area contributed by atoms with E-state index in [0.717, 1.165) is 23.5 Å². The summed E-state index contributed by atoms with van der Waals surface area (Å²) in [6, 6.07) is 1.94. The Kier molecular flexibility index (Phi) is 2.28. The predicted octanol–water partition coefficient (Wildman–Crippen LogP) is 2.27. The van der Waals surface area contributed by atoms with Crippen LogP contribution in [0.3, 0.4) is 0 Å². The van der Waals surface area contributed by atoms with Crippen LogP contribution in [-0.2, 0) is 0 Å². The quantitative estimate of drug-likeness (QED) is 0.860. The summed E-state index contributed by atoms with van der Waals surface area (Å²) in [5.74, 6) is 1.74. The van der Waals surface area contributed by atoms with E-state index in [4.69, 9.17) is 0 Å². The predicted molar refractivity (Wildman–Crippen MR) is 80.9 cm³/mol. The average molecular weight is 286 g/mol. The number of aryl methyl sites for hydroxylation is 2. The Morgan fingerprint density at radius 3 is 2.43 bits per heavy atom. The molecule has 0 amide bonds. The molecule has 0 aromatic carbocycles. The molecule has 21 heavy (non-hydrogen) atoms. The van der Waals surface area contributed by atoms with Gasteiger partial charge in [0.2, 0.25) is 5.95 Å². The van der Waals surface area contributed by atoms with E-state index in [1.807, 2.05) is 26.8 Å². The van der Waals surface area contributed by atoms with E-state index >= 15 is 0 Å². The minimum Gasteiger partial charge on any atom is -0.368 e. The lowest BCUT2D eigenvalue weighted by Gasteiger charge is -2.35. The first-order valence-corrected chi connectivity index (χ1v) is 7.65. The second kappa shape index (κ2) is 3.64. The van der Waals surface area contributed by atoms with Gasteiger partial charge in [-0.25, -0.2) is 9.97 Å². The van der Waals surface area contributed by atoms with Crippen molar-refractivity contribution in [1.82, 2.24) is 9.97 Å². The summed E-state index contributed by atoms with van der Waals surface area (Å²) in [7, 11) is 0. The topological polar surface area (TPSA) is 61.6 Å². The van der Waals surface area contributed by atoms with Gasteiger partial charge in [-0.1, -0.05) is 13.8 Å². The minimum absolute atomic E-state index is 0.113. The molecule has 0 unspecified atom stereocenters. The maximum absolute atomic E-state index is 11.3. The highest BCUT2D eigenvalue weighted by atomic mass is 16.3. The van der Waals surface area contributed by atoms with Gasteiger partial charge in [-0.3, -0.25) is 0 Å². The zero-order chi connectivity index (χ0) is 15.2. The molecule has 2 saturated carbocycles. The van der Waals surface area contributed by atoms with Crippen molar-refractivity contribution in [3.05, 3.63) is 17.5 Å². The van der Waals surface area contributed by atoms with E-state index in [9.17, 15) is 5.11 Å². The molecule has 0 radical (unpaired) electrons. The third-order valence-electron chi connectivity index (χ3n) is 5.75. The minimum atomic E-state index is -0.935.